The molecule has 3 heteroatoms. The van der Waals surface area contributed by atoms with Crippen LogP contribution in [-0.2, 0) is 0 Å². The molecule has 0 spiro atoms. The molecule has 90 valence electrons. The van der Waals surface area contributed by atoms with E-state index in [0.29, 0.717) is 6.04 Å². The van der Waals surface area contributed by atoms with Gasteiger partial charge in [-0.1, -0.05) is 36.2 Å². The van der Waals surface area contributed by atoms with Crippen LogP contribution < -0.4 is 5.32 Å². The van der Waals surface area contributed by atoms with Gasteiger partial charge < -0.3 is 5.32 Å². The second-order valence-corrected chi connectivity index (χ2v) is 6.04. The summed E-state index contributed by atoms with van der Waals surface area (Å²) in [5.74, 6) is 0. The Morgan fingerprint density at radius 2 is 2.06 bits per heavy atom. The van der Waals surface area contributed by atoms with Crippen LogP contribution in [0.25, 0.3) is 0 Å². The molecule has 1 unspecified atom stereocenters. The largest absolute Gasteiger partial charge is 0.310 e. The highest BCUT2D eigenvalue weighted by Gasteiger charge is 2.12. The van der Waals surface area contributed by atoms with Crippen molar-refractivity contribution in [2.24, 2.45) is 0 Å². The van der Waals surface area contributed by atoms with E-state index in [1.807, 2.05) is 0 Å². The molecule has 0 aliphatic heterocycles. The first-order valence-corrected chi connectivity index (χ1v) is 7.74. The lowest BCUT2D eigenvalue weighted by Gasteiger charge is -2.20. The minimum atomic E-state index is 0.495. The Kier molecular flexibility index (Phi) is 6.92. The predicted molar refractivity (Wildman–Crippen MR) is 82.8 cm³/mol. The lowest BCUT2D eigenvalue weighted by molar-refractivity contribution is 0.492. The van der Waals surface area contributed by atoms with Gasteiger partial charge in [0.1, 0.15) is 0 Å². The lowest BCUT2D eigenvalue weighted by atomic mass is 10.0. The van der Waals surface area contributed by atoms with Crippen LogP contribution >= 0.6 is 38.5 Å². The molecule has 1 N–H and O–H groups in total. The summed E-state index contributed by atoms with van der Waals surface area (Å²) in [5, 5.41) is 3.63. The van der Waals surface area contributed by atoms with E-state index in [1.165, 1.54) is 32.9 Å². The quantitative estimate of drug-likeness (QED) is 0.676. The molecule has 1 aromatic rings. The minimum Gasteiger partial charge on any atom is -0.310 e. The molecule has 1 nitrogen and oxygen atoms in total. The second-order valence-electron chi connectivity index (χ2n) is 3.96. The number of rotatable bonds is 6. The average molecular weight is 396 g/mol. The number of hydrogen-bond donors (Lipinski definition) is 1. The Hall–Kier alpha value is 0.390. The summed E-state index contributed by atoms with van der Waals surface area (Å²) in [6.07, 6.45) is 3.60. The van der Waals surface area contributed by atoms with E-state index in [0.717, 1.165) is 6.54 Å². The Balaban J connectivity index is 2.85. The van der Waals surface area contributed by atoms with Gasteiger partial charge in [0.2, 0.25) is 0 Å². The summed E-state index contributed by atoms with van der Waals surface area (Å²) < 4.78 is 2.52. The topological polar surface area (TPSA) is 12.0 Å². The van der Waals surface area contributed by atoms with Crippen LogP contribution in [0.1, 0.15) is 44.7 Å². The third kappa shape index (κ3) is 4.34. The molecule has 1 rings (SSSR count). The van der Waals surface area contributed by atoms with Crippen molar-refractivity contribution in [1.82, 2.24) is 5.32 Å². The van der Waals surface area contributed by atoms with Crippen LogP contribution in [-0.4, -0.2) is 6.54 Å². The van der Waals surface area contributed by atoms with Gasteiger partial charge in [-0.15, -0.1) is 0 Å². The fourth-order valence-corrected chi connectivity index (χ4v) is 2.85. The van der Waals surface area contributed by atoms with Gasteiger partial charge in [0.05, 0.1) is 0 Å². The van der Waals surface area contributed by atoms with Crippen LogP contribution in [0.4, 0.5) is 0 Å². The Morgan fingerprint density at radius 1 is 1.31 bits per heavy atom. The van der Waals surface area contributed by atoms with Crippen molar-refractivity contribution in [2.45, 2.75) is 39.2 Å². The Morgan fingerprint density at radius 3 is 2.69 bits per heavy atom. The van der Waals surface area contributed by atoms with Gasteiger partial charge in [-0.05, 0) is 65.7 Å². The van der Waals surface area contributed by atoms with Crippen molar-refractivity contribution >= 4 is 38.5 Å². The monoisotopic (exact) mass is 395 g/mol. The van der Waals surface area contributed by atoms with Gasteiger partial charge in [-0.3, -0.25) is 0 Å². The van der Waals surface area contributed by atoms with Gasteiger partial charge in [0, 0.05) is 14.1 Å². The van der Waals surface area contributed by atoms with Crippen LogP contribution in [0.2, 0.25) is 0 Å². The number of hydrogen-bond acceptors (Lipinski definition) is 1. The molecule has 0 bridgehead atoms. The van der Waals surface area contributed by atoms with E-state index in [1.54, 1.807) is 0 Å². The summed E-state index contributed by atoms with van der Waals surface area (Å²) in [7, 11) is 0. The molecule has 0 radical (unpaired) electrons. The van der Waals surface area contributed by atoms with Crippen molar-refractivity contribution in [2.75, 3.05) is 6.54 Å². The van der Waals surface area contributed by atoms with Gasteiger partial charge >= 0.3 is 0 Å². The molecular formula is C13H19BrIN. The van der Waals surface area contributed by atoms with Crippen LogP contribution in [0.5, 0.6) is 0 Å². The highest BCUT2D eigenvalue weighted by molar-refractivity contribution is 14.1. The van der Waals surface area contributed by atoms with E-state index in [-0.39, 0.29) is 0 Å². The molecule has 0 aromatic heterocycles. The summed E-state index contributed by atoms with van der Waals surface area (Å²) in [4.78, 5) is 0. The van der Waals surface area contributed by atoms with Gasteiger partial charge in [0.15, 0.2) is 0 Å². The first kappa shape index (κ1) is 14.5. The second kappa shape index (κ2) is 7.67. The number of benzene rings is 1. The standard InChI is InChI=1S/C13H19BrIN/c1-3-5-13(16-8-4-2)11-9-10(14)6-7-12(11)15/h6-7,9,13,16H,3-5,8H2,1-2H3. The Labute approximate surface area is 121 Å². The van der Waals surface area contributed by atoms with Crippen LogP contribution in [0.15, 0.2) is 22.7 Å². The minimum absolute atomic E-state index is 0.495. The average Bonchev–Trinajstić information content (AvgIpc) is 2.28. The lowest BCUT2D eigenvalue weighted by Crippen LogP contribution is -2.22. The van der Waals surface area contributed by atoms with Crippen molar-refractivity contribution in [3.05, 3.63) is 31.8 Å². The van der Waals surface area contributed by atoms with Gasteiger partial charge in [0.25, 0.3) is 0 Å². The van der Waals surface area contributed by atoms with Gasteiger partial charge in [-0.25, -0.2) is 0 Å². The van der Waals surface area contributed by atoms with E-state index >= 15 is 0 Å². The molecule has 16 heavy (non-hydrogen) atoms. The van der Waals surface area contributed by atoms with Crippen molar-refractivity contribution in [3.63, 3.8) is 0 Å². The molecule has 0 aliphatic carbocycles. The molecule has 0 saturated carbocycles. The molecule has 0 saturated heterocycles. The van der Waals surface area contributed by atoms with Crippen molar-refractivity contribution in [3.8, 4) is 0 Å². The van der Waals surface area contributed by atoms with E-state index < -0.39 is 0 Å². The SMILES string of the molecule is CCCNC(CCC)c1cc(Br)ccc1I. The first-order chi connectivity index (χ1) is 7.69. The predicted octanol–water partition coefficient (Wildman–Crippen LogP) is 4.89. The van der Waals surface area contributed by atoms with Crippen molar-refractivity contribution < 1.29 is 0 Å². The fourth-order valence-electron chi connectivity index (χ4n) is 1.76. The summed E-state index contributed by atoms with van der Waals surface area (Å²) in [5.41, 5.74) is 1.42. The first-order valence-electron chi connectivity index (χ1n) is 5.87. The smallest absolute Gasteiger partial charge is 0.0331 e. The van der Waals surface area contributed by atoms with Crippen LogP contribution in [0, 0.1) is 3.57 Å². The maximum absolute atomic E-state index is 3.63. The molecular weight excluding hydrogens is 377 g/mol. The van der Waals surface area contributed by atoms with Crippen molar-refractivity contribution in [1.29, 1.82) is 0 Å². The zero-order valence-electron chi connectivity index (χ0n) is 9.89. The van der Waals surface area contributed by atoms with E-state index in [4.69, 9.17) is 0 Å². The van der Waals surface area contributed by atoms with E-state index in [2.05, 4.69) is 75.9 Å². The molecule has 0 aliphatic rings. The zero-order valence-corrected chi connectivity index (χ0v) is 13.6. The molecule has 0 fully saturated rings. The summed E-state index contributed by atoms with van der Waals surface area (Å²) in [6.45, 7) is 5.54. The normalized spacial score (nSPS) is 12.8. The van der Waals surface area contributed by atoms with Crippen LogP contribution in [0.3, 0.4) is 0 Å². The zero-order chi connectivity index (χ0) is 12.0. The highest BCUT2D eigenvalue weighted by atomic mass is 127. The Bertz CT molecular complexity index is 328. The molecule has 1 atom stereocenters. The third-order valence-corrected chi connectivity index (χ3v) is 4.03. The maximum Gasteiger partial charge on any atom is 0.0331 e. The fraction of sp³-hybridized carbons (Fsp3) is 0.538. The summed E-state index contributed by atoms with van der Waals surface area (Å²) >= 11 is 5.98. The third-order valence-electron chi connectivity index (χ3n) is 2.55. The molecule has 0 heterocycles. The molecule has 1 aromatic carbocycles. The summed E-state index contributed by atoms with van der Waals surface area (Å²) in [6, 6.07) is 7.02. The highest BCUT2D eigenvalue weighted by Crippen LogP contribution is 2.27. The van der Waals surface area contributed by atoms with E-state index in [9.17, 15) is 0 Å². The molecule has 0 amide bonds. The maximum atomic E-state index is 3.63. The number of nitrogens with one attached hydrogen (secondary N) is 1. The van der Waals surface area contributed by atoms with Gasteiger partial charge in [-0.2, -0.15) is 0 Å². The number of halogens is 2.